The van der Waals surface area contributed by atoms with Crippen molar-refractivity contribution in [3.8, 4) is 0 Å². The second-order valence-electron chi connectivity index (χ2n) is 5.08. The van der Waals surface area contributed by atoms with E-state index in [0.29, 0.717) is 0 Å². The second-order valence-corrected chi connectivity index (χ2v) is 8.59. The molecule has 5 heteroatoms. The molecule has 0 saturated carbocycles. The van der Waals surface area contributed by atoms with Crippen LogP contribution in [0.3, 0.4) is 0 Å². The van der Waals surface area contributed by atoms with E-state index >= 15 is 0 Å². The van der Waals surface area contributed by atoms with Gasteiger partial charge in [-0.05, 0) is 11.1 Å². The van der Waals surface area contributed by atoms with Crippen LogP contribution in [0.2, 0.25) is 0 Å². The predicted octanol–water partition coefficient (Wildman–Crippen LogP) is 6.15. The van der Waals surface area contributed by atoms with Gasteiger partial charge in [0, 0.05) is 11.5 Å². The van der Waals surface area contributed by atoms with Crippen molar-refractivity contribution in [3.05, 3.63) is 83.9 Å². The summed E-state index contributed by atoms with van der Waals surface area (Å²) in [5.41, 5.74) is 2.45. The minimum Gasteiger partial charge on any atom is -0.131 e. The zero-order valence-electron chi connectivity index (χ0n) is 13.6. The average Bonchev–Trinajstić information content (AvgIpc) is 3.12. The van der Waals surface area contributed by atoms with Gasteiger partial charge in [0.1, 0.15) is 0 Å². The van der Waals surface area contributed by atoms with Crippen LogP contribution in [0.5, 0.6) is 0 Å². The van der Waals surface area contributed by atoms with E-state index in [1.807, 2.05) is 36.4 Å². The lowest BCUT2D eigenvalue weighted by atomic mass is 10.2. The van der Waals surface area contributed by atoms with Crippen molar-refractivity contribution in [1.29, 1.82) is 0 Å². The largest absolute Gasteiger partial charge is 0.175 e. The van der Waals surface area contributed by atoms with Crippen LogP contribution in [0.15, 0.2) is 81.5 Å². The molecule has 0 aliphatic heterocycles. The fourth-order valence-corrected chi connectivity index (χ4v) is 4.74. The maximum Gasteiger partial charge on any atom is 0.175 e. The van der Waals surface area contributed by atoms with Gasteiger partial charge in [0.2, 0.25) is 0 Å². The highest BCUT2D eigenvalue weighted by Crippen LogP contribution is 2.29. The summed E-state index contributed by atoms with van der Waals surface area (Å²) >= 11 is 5.11. The monoisotopic (exact) mass is 382 g/mol. The van der Waals surface area contributed by atoms with Crippen molar-refractivity contribution >= 4 is 47.0 Å². The van der Waals surface area contributed by atoms with Gasteiger partial charge < -0.3 is 0 Å². The molecule has 0 radical (unpaired) electrons. The van der Waals surface area contributed by atoms with Crippen LogP contribution in [-0.4, -0.2) is 21.7 Å². The maximum absolute atomic E-state index is 4.25. The smallest absolute Gasteiger partial charge is 0.131 e. The summed E-state index contributed by atoms with van der Waals surface area (Å²) in [5, 5.41) is 8.50. The molecule has 0 bridgehead atoms. The third kappa shape index (κ3) is 6.53. The quantitative estimate of drug-likeness (QED) is 0.436. The molecule has 0 aliphatic rings. The summed E-state index contributed by atoms with van der Waals surface area (Å²) in [6.45, 7) is 0. The molecular weight excluding hydrogens is 364 g/mol. The Balaban J connectivity index is 1.40. The number of nitrogens with zero attached hydrogens (tertiary/aromatic N) is 2. The normalized spacial score (nSPS) is 11.5. The van der Waals surface area contributed by atoms with Crippen LogP contribution in [0.25, 0.3) is 12.2 Å². The van der Waals surface area contributed by atoms with Gasteiger partial charge in [0.25, 0.3) is 0 Å². The molecule has 2 nitrogen and oxygen atoms in total. The van der Waals surface area contributed by atoms with E-state index in [2.05, 4.69) is 58.8 Å². The highest BCUT2D eigenvalue weighted by atomic mass is 32.2. The minimum absolute atomic E-state index is 0.905. The molecule has 3 aromatic rings. The molecule has 0 fully saturated rings. The number of aromatic nitrogens is 2. The van der Waals surface area contributed by atoms with Crippen molar-refractivity contribution in [2.24, 2.45) is 0 Å². The molecular formula is C20H18N2S3. The van der Waals surface area contributed by atoms with Crippen LogP contribution in [0.1, 0.15) is 11.1 Å². The van der Waals surface area contributed by atoms with E-state index in [-0.39, 0.29) is 0 Å². The standard InChI is InChI=1S/C20H18N2S3/c1-3-9-17(10-4-1)13-7-15-23-19-21-22-20(25-19)24-16-8-14-18-11-5-2-6-12-18/h1-14H,15-16H2/b13-7-,14-8+. The summed E-state index contributed by atoms with van der Waals surface area (Å²) in [7, 11) is 0. The Labute approximate surface area is 161 Å². The van der Waals surface area contributed by atoms with Gasteiger partial charge in [0.05, 0.1) is 0 Å². The van der Waals surface area contributed by atoms with Crippen molar-refractivity contribution in [2.75, 3.05) is 11.5 Å². The fourth-order valence-electron chi connectivity index (χ4n) is 2.05. The summed E-state index contributed by atoms with van der Waals surface area (Å²) in [5.74, 6) is 1.81. The van der Waals surface area contributed by atoms with Crippen LogP contribution < -0.4 is 0 Å². The number of hydrogen-bond acceptors (Lipinski definition) is 5. The fraction of sp³-hybridized carbons (Fsp3) is 0.100. The van der Waals surface area contributed by atoms with Crippen molar-refractivity contribution in [1.82, 2.24) is 10.2 Å². The van der Waals surface area contributed by atoms with Crippen molar-refractivity contribution in [2.45, 2.75) is 8.68 Å². The van der Waals surface area contributed by atoms with E-state index in [1.165, 1.54) is 11.1 Å². The average molecular weight is 383 g/mol. The van der Waals surface area contributed by atoms with Crippen LogP contribution in [0.4, 0.5) is 0 Å². The Morgan fingerprint density at radius 2 is 1.12 bits per heavy atom. The summed E-state index contributed by atoms with van der Waals surface area (Å²) in [4.78, 5) is 0. The third-order valence-electron chi connectivity index (χ3n) is 3.21. The van der Waals surface area contributed by atoms with Gasteiger partial charge in [-0.3, -0.25) is 0 Å². The van der Waals surface area contributed by atoms with Crippen molar-refractivity contribution in [3.63, 3.8) is 0 Å². The molecule has 0 unspecified atom stereocenters. The van der Waals surface area contributed by atoms with E-state index < -0.39 is 0 Å². The first-order valence-corrected chi connectivity index (χ1v) is 10.7. The number of rotatable bonds is 8. The molecule has 1 aromatic heterocycles. The highest BCUT2D eigenvalue weighted by Gasteiger charge is 2.03. The van der Waals surface area contributed by atoms with E-state index in [4.69, 9.17) is 0 Å². The zero-order chi connectivity index (χ0) is 17.2. The number of hydrogen-bond donors (Lipinski definition) is 0. The molecule has 0 atom stereocenters. The van der Waals surface area contributed by atoms with Crippen LogP contribution in [0, 0.1) is 0 Å². The van der Waals surface area contributed by atoms with Gasteiger partial charge in [-0.1, -0.05) is 120 Å². The van der Waals surface area contributed by atoms with Crippen molar-refractivity contribution < 1.29 is 0 Å². The number of benzene rings is 2. The SMILES string of the molecule is C(=C/c1ccccc1)/CSc1nnc(SC/C=C/c2ccccc2)s1. The van der Waals surface area contributed by atoms with Gasteiger partial charge >= 0.3 is 0 Å². The molecule has 0 N–H and O–H groups in total. The lowest BCUT2D eigenvalue weighted by Gasteiger charge is -1.92. The van der Waals surface area contributed by atoms with Gasteiger partial charge in [-0.2, -0.15) is 0 Å². The lowest BCUT2D eigenvalue weighted by Crippen LogP contribution is -1.75. The Morgan fingerprint density at radius 1 is 0.680 bits per heavy atom. The second kappa shape index (κ2) is 10.2. The first kappa shape index (κ1) is 18.0. The van der Waals surface area contributed by atoms with Gasteiger partial charge in [0.15, 0.2) is 8.68 Å². The van der Waals surface area contributed by atoms with Gasteiger partial charge in [-0.15, -0.1) is 10.2 Å². The molecule has 0 spiro atoms. The molecule has 126 valence electrons. The molecule has 1 heterocycles. The molecule has 0 saturated heterocycles. The molecule has 0 amide bonds. The Hall–Kier alpha value is -1.82. The molecule has 3 rings (SSSR count). The Morgan fingerprint density at radius 3 is 1.56 bits per heavy atom. The van der Waals surface area contributed by atoms with E-state index in [0.717, 1.165) is 20.2 Å². The minimum atomic E-state index is 0.905. The Bertz CT molecular complexity index is 743. The summed E-state index contributed by atoms with van der Waals surface area (Å²) in [6, 6.07) is 20.7. The first-order chi connectivity index (χ1) is 12.4. The first-order valence-electron chi connectivity index (χ1n) is 7.92. The summed E-state index contributed by atoms with van der Waals surface area (Å²) in [6.07, 6.45) is 8.60. The van der Waals surface area contributed by atoms with E-state index in [1.54, 1.807) is 34.9 Å². The molecule has 0 aliphatic carbocycles. The van der Waals surface area contributed by atoms with Crippen LogP contribution >= 0.6 is 34.9 Å². The number of thioether (sulfide) groups is 2. The lowest BCUT2D eigenvalue weighted by molar-refractivity contribution is 0.956. The topological polar surface area (TPSA) is 25.8 Å². The summed E-state index contributed by atoms with van der Waals surface area (Å²) < 4.78 is 2.04. The zero-order valence-corrected chi connectivity index (χ0v) is 16.1. The van der Waals surface area contributed by atoms with Crippen LogP contribution in [-0.2, 0) is 0 Å². The van der Waals surface area contributed by atoms with Gasteiger partial charge in [-0.25, -0.2) is 0 Å². The third-order valence-corrected chi connectivity index (χ3v) is 6.31. The molecule has 2 aromatic carbocycles. The Kier molecular flexibility index (Phi) is 7.36. The molecule has 25 heavy (non-hydrogen) atoms. The van der Waals surface area contributed by atoms with E-state index in [9.17, 15) is 0 Å². The predicted molar refractivity (Wildman–Crippen MR) is 112 cm³/mol. The maximum atomic E-state index is 4.25. The highest BCUT2D eigenvalue weighted by molar-refractivity contribution is 8.03.